The summed E-state index contributed by atoms with van der Waals surface area (Å²) in [5.41, 5.74) is -0.453. The molecule has 0 radical (unpaired) electrons. The molecular formula is C14H11F4N3O2. The van der Waals surface area contributed by atoms with Crippen LogP contribution in [0.5, 0.6) is 0 Å². The Balaban J connectivity index is 1.95. The Kier molecular flexibility index (Phi) is 3.57. The van der Waals surface area contributed by atoms with E-state index in [0.717, 1.165) is 23.0 Å². The van der Waals surface area contributed by atoms with E-state index in [1.807, 2.05) is 0 Å². The molecule has 1 aromatic heterocycles. The van der Waals surface area contributed by atoms with Crippen LogP contribution in [0.1, 0.15) is 12.5 Å². The van der Waals surface area contributed by atoms with Gasteiger partial charge in [-0.25, -0.2) is 9.37 Å². The Labute approximate surface area is 127 Å². The second kappa shape index (κ2) is 5.32. The van der Waals surface area contributed by atoms with E-state index in [-0.39, 0.29) is 23.9 Å². The third kappa shape index (κ3) is 2.90. The molecule has 2 aromatic rings. The van der Waals surface area contributed by atoms with Crippen molar-refractivity contribution in [2.75, 3.05) is 13.1 Å². The Bertz CT molecular complexity index is 831. The Morgan fingerprint density at radius 2 is 2.00 bits per heavy atom. The smallest absolute Gasteiger partial charge is 0.332 e. The number of likely N-dealkylation sites (tertiary alicyclic amines) is 1. The van der Waals surface area contributed by atoms with E-state index in [1.165, 1.54) is 6.07 Å². The van der Waals surface area contributed by atoms with Crippen LogP contribution in [-0.2, 0) is 4.79 Å². The van der Waals surface area contributed by atoms with Crippen LogP contribution in [-0.4, -0.2) is 39.6 Å². The molecule has 1 atom stereocenters. The van der Waals surface area contributed by atoms with Gasteiger partial charge in [-0.15, -0.1) is 0 Å². The maximum absolute atomic E-state index is 13.1. The number of alkyl halides is 3. The number of rotatable bonds is 2. The van der Waals surface area contributed by atoms with Gasteiger partial charge in [0.2, 0.25) is 5.91 Å². The van der Waals surface area contributed by atoms with Gasteiger partial charge in [0.05, 0.1) is 17.2 Å². The first kappa shape index (κ1) is 15.4. The lowest BCUT2D eigenvalue weighted by atomic mass is 10.2. The van der Waals surface area contributed by atoms with E-state index in [4.69, 9.17) is 0 Å². The molecular weight excluding hydrogens is 318 g/mol. The van der Waals surface area contributed by atoms with Crippen molar-refractivity contribution in [2.24, 2.45) is 0 Å². The van der Waals surface area contributed by atoms with Crippen molar-refractivity contribution in [1.82, 2.24) is 14.5 Å². The summed E-state index contributed by atoms with van der Waals surface area (Å²) in [6.07, 6.45) is -3.33. The molecule has 5 nitrogen and oxygen atoms in total. The summed E-state index contributed by atoms with van der Waals surface area (Å²) in [5.74, 6) is -1.33. The quantitative estimate of drug-likeness (QED) is 0.791. The molecule has 1 aliphatic heterocycles. The van der Waals surface area contributed by atoms with Crippen LogP contribution >= 0.6 is 0 Å². The SMILES string of the molecule is O=C1[C@H](n2cnc3cc(F)ccc3c2=O)CCN1CC(F)(F)F. The third-order valence-electron chi connectivity index (χ3n) is 3.72. The molecule has 2 heterocycles. The maximum Gasteiger partial charge on any atom is 0.406 e. The molecule has 9 heteroatoms. The highest BCUT2D eigenvalue weighted by molar-refractivity contribution is 5.83. The van der Waals surface area contributed by atoms with Crippen LogP contribution in [0.25, 0.3) is 10.9 Å². The van der Waals surface area contributed by atoms with E-state index in [9.17, 15) is 27.2 Å². The van der Waals surface area contributed by atoms with Crippen LogP contribution < -0.4 is 5.56 Å². The van der Waals surface area contributed by atoms with E-state index in [1.54, 1.807) is 0 Å². The van der Waals surface area contributed by atoms with Crippen LogP contribution in [0, 0.1) is 5.82 Å². The zero-order valence-corrected chi connectivity index (χ0v) is 11.7. The number of amides is 1. The lowest BCUT2D eigenvalue weighted by Crippen LogP contribution is -2.38. The minimum absolute atomic E-state index is 0.0864. The Morgan fingerprint density at radius 1 is 1.26 bits per heavy atom. The molecule has 1 aromatic carbocycles. The highest BCUT2D eigenvalue weighted by Crippen LogP contribution is 2.26. The molecule has 0 N–H and O–H groups in total. The van der Waals surface area contributed by atoms with Gasteiger partial charge >= 0.3 is 6.18 Å². The molecule has 0 spiro atoms. The van der Waals surface area contributed by atoms with Gasteiger partial charge in [-0.2, -0.15) is 13.2 Å². The van der Waals surface area contributed by atoms with E-state index in [0.29, 0.717) is 4.90 Å². The first-order valence-electron chi connectivity index (χ1n) is 6.78. The van der Waals surface area contributed by atoms with Gasteiger partial charge in [0.1, 0.15) is 18.4 Å². The average molecular weight is 329 g/mol. The summed E-state index contributed by atoms with van der Waals surface area (Å²) in [5, 5.41) is 0.107. The average Bonchev–Trinajstić information content (AvgIpc) is 2.79. The lowest BCUT2D eigenvalue weighted by Gasteiger charge is -2.19. The number of hydrogen-bond acceptors (Lipinski definition) is 3. The molecule has 0 unspecified atom stereocenters. The first-order valence-corrected chi connectivity index (χ1v) is 6.78. The standard InChI is InChI=1S/C14H11F4N3O2/c15-8-1-2-9-10(5-8)19-7-21(12(9)22)11-3-4-20(13(11)23)6-14(16,17)18/h1-2,5,7,11H,3-4,6H2/t11-/m1/s1. The molecule has 0 aliphatic carbocycles. The highest BCUT2D eigenvalue weighted by Gasteiger charge is 2.40. The second-order valence-electron chi connectivity index (χ2n) is 5.30. The van der Waals surface area contributed by atoms with Gasteiger partial charge in [-0.05, 0) is 18.6 Å². The van der Waals surface area contributed by atoms with Gasteiger partial charge < -0.3 is 4.90 Å². The van der Waals surface area contributed by atoms with Crippen LogP contribution in [0.15, 0.2) is 29.3 Å². The molecule has 1 amide bonds. The van der Waals surface area contributed by atoms with Gasteiger partial charge in [-0.3, -0.25) is 14.2 Å². The van der Waals surface area contributed by atoms with Crippen molar-refractivity contribution in [3.8, 4) is 0 Å². The highest BCUT2D eigenvalue weighted by atomic mass is 19.4. The minimum Gasteiger partial charge on any atom is -0.332 e. The van der Waals surface area contributed by atoms with Crippen molar-refractivity contribution >= 4 is 16.8 Å². The number of benzene rings is 1. The van der Waals surface area contributed by atoms with Gasteiger partial charge in [0, 0.05) is 12.6 Å². The summed E-state index contributed by atoms with van der Waals surface area (Å²) in [4.78, 5) is 29.1. The normalized spacial score (nSPS) is 18.9. The molecule has 3 rings (SSSR count). The van der Waals surface area contributed by atoms with Crippen molar-refractivity contribution in [1.29, 1.82) is 0 Å². The summed E-state index contributed by atoms with van der Waals surface area (Å²) < 4.78 is 51.4. The summed E-state index contributed by atoms with van der Waals surface area (Å²) >= 11 is 0. The first-order chi connectivity index (χ1) is 10.8. The number of fused-ring (bicyclic) bond motifs is 1. The maximum atomic E-state index is 13.1. The minimum atomic E-state index is -4.49. The predicted molar refractivity (Wildman–Crippen MR) is 72.3 cm³/mol. The third-order valence-corrected chi connectivity index (χ3v) is 3.72. The fourth-order valence-electron chi connectivity index (χ4n) is 2.68. The molecule has 1 saturated heterocycles. The van der Waals surface area contributed by atoms with Gasteiger partial charge in [0.25, 0.3) is 5.56 Å². The zero-order valence-electron chi connectivity index (χ0n) is 11.7. The van der Waals surface area contributed by atoms with Crippen LogP contribution in [0.3, 0.4) is 0 Å². The fraction of sp³-hybridized carbons (Fsp3) is 0.357. The number of nitrogens with zero attached hydrogens (tertiary/aromatic N) is 3. The molecule has 0 saturated carbocycles. The van der Waals surface area contributed by atoms with Crippen LogP contribution in [0.2, 0.25) is 0 Å². The van der Waals surface area contributed by atoms with Crippen molar-refractivity contribution in [3.63, 3.8) is 0 Å². The monoisotopic (exact) mass is 329 g/mol. The van der Waals surface area contributed by atoms with Crippen LogP contribution in [0.4, 0.5) is 17.6 Å². The largest absolute Gasteiger partial charge is 0.406 e. The zero-order chi connectivity index (χ0) is 16.8. The van der Waals surface area contributed by atoms with Gasteiger partial charge in [-0.1, -0.05) is 0 Å². The lowest BCUT2D eigenvalue weighted by molar-refractivity contribution is -0.158. The summed E-state index contributed by atoms with van der Waals surface area (Å²) in [7, 11) is 0. The molecule has 1 aliphatic rings. The Hall–Kier alpha value is -2.45. The van der Waals surface area contributed by atoms with E-state index < -0.39 is 36.0 Å². The van der Waals surface area contributed by atoms with Crippen molar-refractivity contribution < 1.29 is 22.4 Å². The van der Waals surface area contributed by atoms with Crippen molar-refractivity contribution in [2.45, 2.75) is 18.6 Å². The van der Waals surface area contributed by atoms with E-state index in [2.05, 4.69) is 4.98 Å². The number of aromatic nitrogens is 2. The topological polar surface area (TPSA) is 55.2 Å². The second-order valence-corrected chi connectivity index (χ2v) is 5.30. The summed E-state index contributed by atoms with van der Waals surface area (Å²) in [6.45, 7) is -1.43. The molecule has 1 fully saturated rings. The van der Waals surface area contributed by atoms with E-state index >= 15 is 0 Å². The Morgan fingerprint density at radius 3 is 2.70 bits per heavy atom. The number of carbonyl (C=O) groups excluding carboxylic acids is 1. The number of hydrogen-bond donors (Lipinski definition) is 0. The fourth-order valence-corrected chi connectivity index (χ4v) is 2.68. The predicted octanol–water partition coefficient (Wildman–Crippen LogP) is 1.87. The molecule has 0 bridgehead atoms. The number of carbonyl (C=O) groups is 1. The summed E-state index contributed by atoms with van der Waals surface area (Å²) in [6, 6.07) is 2.38. The van der Waals surface area contributed by atoms with Crippen molar-refractivity contribution in [3.05, 3.63) is 40.7 Å². The molecule has 23 heavy (non-hydrogen) atoms. The van der Waals surface area contributed by atoms with Gasteiger partial charge in [0.15, 0.2) is 0 Å². The molecule has 122 valence electrons. The number of halogens is 4.